The van der Waals surface area contributed by atoms with Gasteiger partial charge in [-0.25, -0.2) is 13.1 Å². The summed E-state index contributed by atoms with van der Waals surface area (Å²) >= 11 is 0. The maximum atomic E-state index is 13.5. The predicted octanol–water partition coefficient (Wildman–Crippen LogP) is 5.23. The SMILES string of the molecule is CCCCn1ncc(C(=O)c2ccc(S(C)(=O)=O)c(C(C)=C(C)C)c2C)c1OCCC. The number of unbranched alkanes of at least 4 members (excludes halogenated alkanes) is 1. The summed E-state index contributed by atoms with van der Waals surface area (Å²) in [5, 5.41) is 4.39. The Labute approximate surface area is 186 Å². The van der Waals surface area contributed by atoms with Gasteiger partial charge in [0.1, 0.15) is 5.56 Å². The lowest BCUT2D eigenvalue weighted by Crippen LogP contribution is -2.12. The van der Waals surface area contributed by atoms with Crippen LogP contribution in [0.2, 0.25) is 0 Å². The molecule has 0 atom stereocenters. The average molecular weight is 447 g/mol. The van der Waals surface area contributed by atoms with Crippen molar-refractivity contribution in [2.75, 3.05) is 12.9 Å². The van der Waals surface area contributed by atoms with Crippen molar-refractivity contribution in [2.45, 2.75) is 72.2 Å². The molecule has 0 saturated carbocycles. The monoisotopic (exact) mass is 446 g/mol. The number of benzene rings is 1. The number of ether oxygens (including phenoxy) is 1. The molecule has 0 amide bonds. The molecule has 0 spiro atoms. The molecule has 31 heavy (non-hydrogen) atoms. The maximum absolute atomic E-state index is 13.5. The van der Waals surface area contributed by atoms with E-state index in [9.17, 15) is 13.2 Å². The summed E-state index contributed by atoms with van der Waals surface area (Å²) in [6, 6.07) is 3.13. The Bertz CT molecular complexity index is 1090. The van der Waals surface area contributed by atoms with Crippen LogP contribution in [0.1, 0.15) is 80.9 Å². The number of aromatic nitrogens is 2. The van der Waals surface area contributed by atoms with E-state index >= 15 is 0 Å². The van der Waals surface area contributed by atoms with Crippen molar-refractivity contribution >= 4 is 21.2 Å². The predicted molar refractivity (Wildman–Crippen MR) is 125 cm³/mol. The van der Waals surface area contributed by atoms with Gasteiger partial charge in [-0.15, -0.1) is 0 Å². The number of sulfone groups is 1. The topological polar surface area (TPSA) is 78.3 Å². The van der Waals surface area contributed by atoms with Gasteiger partial charge in [0.05, 0.1) is 17.7 Å². The van der Waals surface area contributed by atoms with E-state index in [1.807, 2.05) is 27.7 Å². The quantitative estimate of drug-likeness (QED) is 0.467. The van der Waals surface area contributed by atoms with Crippen LogP contribution in [0.3, 0.4) is 0 Å². The van der Waals surface area contributed by atoms with Crippen molar-refractivity contribution in [1.29, 1.82) is 0 Å². The van der Waals surface area contributed by atoms with Crippen molar-refractivity contribution in [3.8, 4) is 5.88 Å². The van der Waals surface area contributed by atoms with Crippen molar-refractivity contribution in [2.24, 2.45) is 0 Å². The van der Waals surface area contributed by atoms with E-state index in [4.69, 9.17) is 4.74 Å². The third-order valence-electron chi connectivity index (χ3n) is 5.40. The lowest BCUT2D eigenvalue weighted by molar-refractivity contribution is 0.103. The van der Waals surface area contributed by atoms with Crippen LogP contribution in [0.4, 0.5) is 0 Å². The van der Waals surface area contributed by atoms with Crippen LogP contribution in [-0.2, 0) is 16.4 Å². The summed E-state index contributed by atoms with van der Waals surface area (Å²) in [5.74, 6) is 0.265. The highest BCUT2D eigenvalue weighted by molar-refractivity contribution is 7.90. The first kappa shape index (κ1) is 24.9. The largest absolute Gasteiger partial charge is 0.477 e. The summed E-state index contributed by atoms with van der Waals surface area (Å²) in [5.41, 5.74) is 3.96. The number of carbonyl (C=O) groups excluding carboxylic acids is 1. The zero-order chi connectivity index (χ0) is 23.3. The van der Waals surface area contributed by atoms with E-state index in [-0.39, 0.29) is 10.7 Å². The standard InChI is InChI=1S/C24H34N2O4S/c1-8-10-13-26-24(30-14-9-2)20(15-25-26)23(27)19-11-12-21(31(7,28)29)22(18(19)6)17(5)16(3)4/h11-12,15H,8-10,13-14H2,1-7H3. The molecule has 0 aliphatic heterocycles. The van der Waals surface area contributed by atoms with Crippen LogP contribution in [0.15, 0.2) is 28.8 Å². The number of aryl methyl sites for hydroxylation is 1. The number of allylic oxidation sites excluding steroid dienone is 2. The van der Waals surface area contributed by atoms with Crippen molar-refractivity contribution in [3.63, 3.8) is 0 Å². The number of carbonyl (C=O) groups is 1. The van der Waals surface area contributed by atoms with Crippen LogP contribution in [0.5, 0.6) is 5.88 Å². The Hall–Kier alpha value is -2.41. The lowest BCUT2D eigenvalue weighted by Gasteiger charge is -2.17. The Morgan fingerprint density at radius 3 is 2.32 bits per heavy atom. The molecule has 0 aliphatic rings. The first-order valence-corrected chi connectivity index (χ1v) is 12.6. The van der Waals surface area contributed by atoms with Gasteiger partial charge in [-0.2, -0.15) is 5.10 Å². The molecule has 1 aromatic carbocycles. The smallest absolute Gasteiger partial charge is 0.223 e. The molecule has 2 aromatic rings. The van der Waals surface area contributed by atoms with E-state index in [2.05, 4.69) is 12.0 Å². The minimum atomic E-state index is -3.45. The molecule has 7 heteroatoms. The van der Waals surface area contributed by atoms with Crippen LogP contribution >= 0.6 is 0 Å². The third kappa shape index (κ3) is 5.45. The summed E-state index contributed by atoms with van der Waals surface area (Å²) in [7, 11) is -3.45. The van der Waals surface area contributed by atoms with Gasteiger partial charge in [0, 0.05) is 18.4 Å². The number of hydrogen-bond donors (Lipinski definition) is 0. The van der Waals surface area contributed by atoms with Gasteiger partial charge in [-0.3, -0.25) is 4.79 Å². The van der Waals surface area contributed by atoms with Crippen molar-refractivity contribution < 1.29 is 17.9 Å². The van der Waals surface area contributed by atoms with Gasteiger partial charge in [0.15, 0.2) is 15.6 Å². The van der Waals surface area contributed by atoms with Gasteiger partial charge in [-0.05, 0) is 69.4 Å². The highest BCUT2D eigenvalue weighted by Gasteiger charge is 2.26. The molecule has 6 nitrogen and oxygen atoms in total. The van der Waals surface area contributed by atoms with Gasteiger partial charge in [-0.1, -0.05) is 25.8 Å². The van der Waals surface area contributed by atoms with Crippen LogP contribution < -0.4 is 4.74 Å². The average Bonchev–Trinajstić information content (AvgIpc) is 3.11. The fraction of sp³-hybridized carbons (Fsp3) is 0.500. The highest BCUT2D eigenvalue weighted by Crippen LogP contribution is 2.33. The number of hydrogen-bond acceptors (Lipinski definition) is 5. The molecule has 1 heterocycles. The molecule has 0 fully saturated rings. The molecule has 0 unspecified atom stereocenters. The second-order valence-electron chi connectivity index (χ2n) is 8.13. The van der Waals surface area contributed by atoms with E-state index in [0.717, 1.165) is 30.4 Å². The fourth-order valence-electron chi connectivity index (χ4n) is 3.45. The Morgan fingerprint density at radius 1 is 1.10 bits per heavy atom. The van der Waals surface area contributed by atoms with Gasteiger partial charge in [0.25, 0.3) is 0 Å². The van der Waals surface area contributed by atoms with Gasteiger partial charge < -0.3 is 4.74 Å². The second kappa shape index (κ2) is 10.3. The maximum Gasteiger partial charge on any atom is 0.223 e. The second-order valence-corrected chi connectivity index (χ2v) is 10.1. The number of nitrogens with zero attached hydrogens (tertiary/aromatic N) is 2. The molecular formula is C24H34N2O4S. The van der Waals surface area contributed by atoms with Gasteiger partial charge >= 0.3 is 0 Å². The molecule has 1 aromatic heterocycles. The van der Waals surface area contributed by atoms with Crippen LogP contribution in [0.25, 0.3) is 5.57 Å². The molecule has 170 valence electrons. The summed E-state index contributed by atoms with van der Waals surface area (Å²) in [6.45, 7) is 12.8. The molecule has 0 saturated heterocycles. The lowest BCUT2D eigenvalue weighted by atomic mass is 9.91. The van der Waals surface area contributed by atoms with E-state index < -0.39 is 9.84 Å². The number of ketones is 1. The molecule has 0 radical (unpaired) electrons. The van der Waals surface area contributed by atoms with E-state index in [0.29, 0.717) is 41.3 Å². The minimum Gasteiger partial charge on any atom is -0.477 e. The number of rotatable bonds is 10. The first-order chi connectivity index (χ1) is 14.5. The van der Waals surface area contributed by atoms with Crippen LogP contribution in [-0.4, -0.2) is 36.8 Å². The summed E-state index contributed by atoms with van der Waals surface area (Å²) in [4.78, 5) is 13.8. The fourth-order valence-corrected chi connectivity index (χ4v) is 4.44. The Morgan fingerprint density at radius 2 is 1.77 bits per heavy atom. The molecule has 0 N–H and O–H groups in total. The molecular weight excluding hydrogens is 412 g/mol. The molecule has 0 bridgehead atoms. The van der Waals surface area contributed by atoms with Crippen molar-refractivity contribution in [3.05, 3.63) is 46.2 Å². The van der Waals surface area contributed by atoms with E-state index in [1.54, 1.807) is 23.9 Å². The Kier molecular flexibility index (Phi) is 8.23. The van der Waals surface area contributed by atoms with E-state index in [1.165, 1.54) is 12.3 Å². The first-order valence-electron chi connectivity index (χ1n) is 10.8. The third-order valence-corrected chi connectivity index (χ3v) is 6.54. The summed E-state index contributed by atoms with van der Waals surface area (Å²) < 4.78 is 32.5. The molecule has 2 rings (SSSR count). The normalized spacial score (nSPS) is 11.5. The Balaban J connectivity index is 2.67. The zero-order valence-electron chi connectivity index (χ0n) is 19.7. The highest BCUT2D eigenvalue weighted by atomic mass is 32.2. The summed E-state index contributed by atoms with van der Waals surface area (Å²) in [6.07, 6.45) is 5.51. The van der Waals surface area contributed by atoms with Crippen molar-refractivity contribution in [1.82, 2.24) is 9.78 Å². The molecule has 0 aliphatic carbocycles. The van der Waals surface area contributed by atoms with Gasteiger partial charge in [0.2, 0.25) is 5.88 Å². The zero-order valence-corrected chi connectivity index (χ0v) is 20.5. The van der Waals surface area contributed by atoms with Crippen LogP contribution in [0, 0.1) is 6.92 Å². The minimum absolute atomic E-state index is 0.214.